The molecule has 1 atom stereocenters. The Labute approximate surface area is 119 Å². The first-order valence-electron chi connectivity index (χ1n) is 6.47. The van der Waals surface area contributed by atoms with Gasteiger partial charge in [0.2, 0.25) is 0 Å². The summed E-state index contributed by atoms with van der Waals surface area (Å²) in [7, 11) is 0. The summed E-state index contributed by atoms with van der Waals surface area (Å²) < 4.78 is -0.0263. The van der Waals surface area contributed by atoms with Crippen molar-refractivity contribution in [3.8, 4) is 0 Å². The minimum Gasteiger partial charge on any atom is -0.481 e. The van der Waals surface area contributed by atoms with Crippen LogP contribution in [0.4, 0.5) is 4.79 Å². The summed E-state index contributed by atoms with van der Waals surface area (Å²) in [5, 5.41) is 14.4. The molecule has 0 saturated carbocycles. The number of thioether (sulfide) groups is 1. The molecule has 0 aromatic heterocycles. The molecule has 5 nitrogen and oxygen atoms in total. The Balaban J connectivity index is 4.09. The summed E-state index contributed by atoms with van der Waals surface area (Å²) >= 11 is 1.67. The first kappa shape index (κ1) is 18.1. The molecule has 0 bridgehead atoms. The van der Waals surface area contributed by atoms with Crippen molar-refractivity contribution < 1.29 is 14.7 Å². The summed E-state index contributed by atoms with van der Waals surface area (Å²) in [5.74, 6) is -1.10. The molecule has 0 rings (SSSR count). The fourth-order valence-corrected chi connectivity index (χ4v) is 1.70. The maximum atomic E-state index is 11.6. The van der Waals surface area contributed by atoms with Gasteiger partial charge in [-0.15, -0.1) is 0 Å². The molecule has 0 aliphatic carbocycles. The van der Waals surface area contributed by atoms with Gasteiger partial charge in [0.15, 0.2) is 0 Å². The predicted octanol–water partition coefficient (Wildman–Crippen LogP) is 2.17. The molecular formula is C13H26N2O3S. The summed E-state index contributed by atoms with van der Waals surface area (Å²) in [5.41, 5.74) is 0. The average molecular weight is 290 g/mol. The third kappa shape index (κ3) is 8.75. The zero-order chi connectivity index (χ0) is 15.1. The van der Waals surface area contributed by atoms with Crippen molar-refractivity contribution in [3.63, 3.8) is 0 Å². The average Bonchev–Trinajstić information content (AvgIpc) is 2.31. The van der Waals surface area contributed by atoms with Crippen LogP contribution in [0.15, 0.2) is 0 Å². The molecule has 112 valence electrons. The van der Waals surface area contributed by atoms with E-state index in [9.17, 15) is 9.59 Å². The fourth-order valence-electron chi connectivity index (χ4n) is 1.48. The largest absolute Gasteiger partial charge is 0.481 e. The summed E-state index contributed by atoms with van der Waals surface area (Å²) in [6.45, 7) is 8.72. The smallest absolute Gasteiger partial charge is 0.314 e. The lowest BCUT2D eigenvalue weighted by molar-refractivity contribution is -0.142. The van der Waals surface area contributed by atoms with Crippen molar-refractivity contribution in [2.45, 2.75) is 38.9 Å². The number of hydrogen-bond acceptors (Lipinski definition) is 3. The van der Waals surface area contributed by atoms with E-state index >= 15 is 0 Å². The van der Waals surface area contributed by atoms with Crippen molar-refractivity contribution in [3.05, 3.63) is 0 Å². The predicted molar refractivity (Wildman–Crippen MR) is 79.6 cm³/mol. The molecule has 0 aromatic carbocycles. The Morgan fingerprint density at radius 1 is 1.26 bits per heavy atom. The van der Waals surface area contributed by atoms with Crippen LogP contribution in [0.25, 0.3) is 0 Å². The Kier molecular flexibility index (Phi) is 7.90. The van der Waals surface area contributed by atoms with Gasteiger partial charge in [0, 0.05) is 17.8 Å². The number of carboxylic acid groups (broad SMARTS) is 1. The number of rotatable bonds is 8. The first-order valence-corrected chi connectivity index (χ1v) is 7.70. The molecule has 2 amide bonds. The van der Waals surface area contributed by atoms with Crippen molar-refractivity contribution >= 4 is 23.8 Å². The van der Waals surface area contributed by atoms with E-state index in [-0.39, 0.29) is 17.3 Å². The van der Waals surface area contributed by atoms with Crippen molar-refractivity contribution in [1.82, 2.24) is 10.6 Å². The van der Waals surface area contributed by atoms with Crippen molar-refractivity contribution in [1.29, 1.82) is 0 Å². The van der Waals surface area contributed by atoms with E-state index in [0.29, 0.717) is 18.9 Å². The number of carboxylic acids is 1. The van der Waals surface area contributed by atoms with E-state index in [1.807, 2.05) is 34.0 Å². The van der Waals surface area contributed by atoms with Gasteiger partial charge in [-0.25, -0.2) is 4.79 Å². The molecule has 0 aliphatic rings. The molecule has 0 aromatic rings. The minimum absolute atomic E-state index is 0.0263. The summed E-state index contributed by atoms with van der Waals surface area (Å²) in [6, 6.07) is -0.308. The number of hydrogen-bond donors (Lipinski definition) is 3. The zero-order valence-corrected chi connectivity index (χ0v) is 13.3. The van der Waals surface area contributed by atoms with E-state index in [0.717, 1.165) is 0 Å². The summed E-state index contributed by atoms with van der Waals surface area (Å²) in [6.07, 6.45) is 2.55. The number of nitrogens with one attached hydrogen (secondary N) is 2. The molecule has 0 fully saturated rings. The molecule has 0 spiro atoms. The van der Waals surface area contributed by atoms with Gasteiger partial charge in [0.25, 0.3) is 0 Å². The Hall–Kier alpha value is -0.910. The number of urea groups is 1. The van der Waals surface area contributed by atoms with E-state index in [1.165, 1.54) is 0 Å². The molecule has 0 aliphatic heterocycles. The lowest BCUT2D eigenvalue weighted by Crippen LogP contribution is -2.44. The van der Waals surface area contributed by atoms with Gasteiger partial charge >= 0.3 is 12.0 Å². The van der Waals surface area contributed by atoms with Crippen LogP contribution in [0.1, 0.15) is 34.1 Å². The molecule has 1 unspecified atom stereocenters. The quantitative estimate of drug-likeness (QED) is 0.640. The number of amides is 2. The molecule has 3 N–H and O–H groups in total. The Morgan fingerprint density at radius 3 is 2.26 bits per heavy atom. The van der Waals surface area contributed by atoms with E-state index < -0.39 is 11.9 Å². The highest BCUT2D eigenvalue weighted by Gasteiger charge is 2.21. The van der Waals surface area contributed by atoms with E-state index in [1.54, 1.807) is 11.8 Å². The zero-order valence-electron chi connectivity index (χ0n) is 12.4. The molecule has 0 radical (unpaired) electrons. The third-order valence-electron chi connectivity index (χ3n) is 2.84. The number of carbonyl (C=O) groups is 2. The summed E-state index contributed by atoms with van der Waals surface area (Å²) in [4.78, 5) is 22.6. The van der Waals surface area contributed by atoms with E-state index in [2.05, 4.69) is 10.6 Å². The van der Waals surface area contributed by atoms with E-state index in [4.69, 9.17) is 5.11 Å². The van der Waals surface area contributed by atoms with Crippen LogP contribution in [0.2, 0.25) is 0 Å². The van der Waals surface area contributed by atoms with Crippen molar-refractivity contribution in [2.75, 3.05) is 19.3 Å². The van der Waals surface area contributed by atoms with Gasteiger partial charge in [-0.05, 0) is 32.4 Å². The topological polar surface area (TPSA) is 78.4 Å². The third-order valence-corrected chi connectivity index (χ3v) is 4.09. The normalized spacial score (nSPS) is 13.2. The second-order valence-electron chi connectivity index (χ2n) is 5.69. The lowest BCUT2D eigenvalue weighted by atomic mass is 9.97. The van der Waals surface area contributed by atoms with Crippen molar-refractivity contribution in [2.24, 2.45) is 11.8 Å². The van der Waals surface area contributed by atoms with Gasteiger partial charge in [-0.1, -0.05) is 13.8 Å². The van der Waals surface area contributed by atoms with Crippen LogP contribution in [0.5, 0.6) is 0 Å². The van der Waals surface area contributed by atoms with Gasteiger partial charge in [0.1, 0.15) is 0 Å². The van der Waals surface area contributed by atoms with Crippen LogP contribution in [0, 0.1) is 11.8 Å². The van der Waals surface area contributed by atoms with Crippen LogP contribution in [-0.4, -0.2) is 41.2 Å². The maximum absolute atomic E-state index is 11.6. The monoisotopic (exact) mass is 290 g/mol. The highest BCUT2D eigenvalue weighted by atomic mass is 32.2. The number of carbonyl (C=O) groups excluding carboxylic acids is 1. The van der Waals surface area contributed by atoms with Gasteiger partial charge in [0.05, 0.1) is 5.92 Å². The Bertz CT molecular complexity index is 306. The Morgan fingerprint density at radius 2 is 1.84 bits per heavy atom. The second kappa shape index (κ2) is 8.30. The SMILES string of the molecule is CSC(C)(C)CNC(=O)NCC(CC(C)C)C(=O)O. The molecule has 6 heteroatoms. The molecule has 0 saturated heterocycles. The highest BCUT2D eigenvalue weighted by molar-refractivity contribution is 7.99. The first-order chi connectivity index (χ1) is 8.68. The van der Waals surface area contributed by atoms with Gasteiger partial charge in [-0.3, -0.25) is 4.79 Å². The molecular weight excluding hydrogens is 264 g/mol. The second-order valence-corrected chi connectivity index (χ2v) is 7.21. The fraction of sp³-hybridized carbons (Fsp3) is 0.846. The minimum atomic E-state index is -0.863. The molecule has 0 heterocycles. The standard InChI is InChI=1S/C13H26N2O3S/c1-9(2)6-10(11(16)17)7-14-12(18)15-8-13(3,4)19-5/h9-10H,6-8H2,1-5H3,(H,16,17)(H2,14,15,18). The maximum Gasteiger partial charge on any atom is 0.314 e. The molecule has 19 heavy (non-hydrogen) atoms. The van der Waals surface area contributed by atoms with Crippen LogP contribution >= 0.6 is 11.8 Å². The highest BCUT2D eigenvalue weighted by Crippen LogP contribution is 2.19. The van der Waals surface area contributed by atoms with Crippen LogP contribution < -0.4 is 10.6 Å². The van der Waals surface area contributed by atoms with Crippen LogP contribution in [0.3, 0.4) is 0 Å². The van der Waals surface area contributed by atoms with Gasteiger partial charge in [-0.2, -0.15) is 11.8 Å². The number of aliphatic carboxylic acids is 1. The lowest BCUT2D eigenvalue weighted by Gasteiger charge is -2.22. The van der Waals surface area contributed by atoms with Gasteiger partial charge < -0.3 is 15.7 Å². The van der Waals surface area contributed by atoms with Crippen LogP contribution in [-0.2, 0) is 4.79 Å².